The van der Waals surface area contributed by atoms with Crippen LogP contribution in [0.4, 0.5) is 5.69 Å². The maximum atomic E-state index is 13.7. The maximum Gasteiger partial charge on any atom is 0.309 e. The highest BCUT2D eigenvalue weighted by atomic mass is 35.5. The van der Waals surface area contributed by atoms with Gasteiger partial charge in [0.1, 0.15) is 4.88 Å². The Hall–Kier alpha value is -0.620. The van der Waals surface area contributed by atoms with Crippen LogP contribution in [-0.4, -0.2) is 5.12 Å². The lowest BCUT2D eigenvalue weighted by Gasteiger charge is -2.55. The van der Waals surface area contributed by atoms with Crippen LogP contribution in [-0.2, 0) is 10.3 Å². The summed E-state index contributed by atoms with van der Waals surface area (Å²) >= 11 is 1.58. The second-order valence-corrected chi connectivity index (χ2v) is 13.4. The fourth-order valence-electron chi connectivity index (χ4n) is 6.73. The molecule has 1 aromatic heterocycles. The number of hydrogen-bond donors (Lipinski definition) is 1. The van der Waals surface area contributed by atoms with E-state index in [0.717, 1.165) is 37.0 Å². The predicted molar refractivity (Wildman–Crippen MR) is 120 cm³/mol. The van der Waals surface area contributed by atoms with Crippen LogP contribution in [0.15, 0.2) is 28.5 Å². The third-order valence-corrected chi connectivity index (χ3v) is 11.9. The molecular weight excluding hydrogens is 438 g/mol. The molecular formula is C23H26ClNOS3. The summed E-state index contributed by atoms with van der Waals surface area (Å²) in [6.07, 6.45) is 7.64. The molecule has 29 heavy (non-hydrogen) atoms. The Balaban J connectivity index is 0.00000181. The third-order valence-electron chi connectivity index (χ3n) is 7.50. The number of anilines is 1. The van der Waals surface area contributed by atoms with Crippen LogP contribution in [0.3, 0.4) is 0 Å². The van der Waals surface area contributed by atoms with Crippen LogP contribution in [0.5, 0.6) is 0 Å². The van der Waals surface area contributed by atoms with Crippen LogP contribution in [0.1, 0.15) is 57.2 Å². The Kier molecular flexibility index (Phi) is 4.86. The van der Waals surface area contributed by atoms with Crippen LogP contribution in [0.25, 0.3) is 11.1 Å². The Morgan fingerprint density at radius 3 is 2.38 bits per heavy atom. The van der Waals surface area contributed by atoms with Crippen molar-refractivity contribution in [3.8, 4) is 11.1 Å². The molecule has 0 saturated heterocycles. The van der Waals surface area contributed by atoms with E-state index in [2.05, 4.69) is 43.4 Å². The number of nitrogens with one attached hydrogen (secondary N) is 1. The molecule has 5 aliphatic rings. The van der Waals surface area contributed by atoms with Crippen LogP contribution in [0.2, 0.25) is 0 Å². The van der Waals surface area contributed by atoms with Crippen molar-refractivity contribution < 1.29 is 17.2 Å². The van der Waals surface area contributed by atoms with E-state index >= 15 is 0 Å². The van der Waals surface area contributed by atoms with Gasteiger partial charge < -0.3 is 17.7 Å². The molecule has 4 saturated carbocycles. The monoisotopic (exact) mass is 463 g/mol. The Labute approximate surface area is 190 Å². The van der Waals surface area contributed by atoms with Crippen molar-refractivity contribution in [2.24, 2.45) is 23.2 Å². The summed E-state index contributed by atoms with van der Waals surface area (Å²) < 4.78 is 1.22. The van der Waals surface area contributed by atoms with E-state index in [1.54, 1.807) is 11.8 Å². The molecule has 1 aliphatic heterocycles. The van der Waals surface area contributed by atoms with Gasteiger partial charge in [-0.2, -0.15) is 0 Å². The standard InChI is InChI=1S/C23H26NOS3.ClH/c1-22(2)19-18(16-5-3-4-6-17(16)24-22)20(28-27-19)26-21(25)23-10-13-7-14(11-23)9-15(8-13)12-23;/h3-6,13-15,24H,7-12H2,1-2H3;1H/q+1;/p-1. The first-order valence-electron chi connectivity index (χ1n) is 10.5. The normalized spacial score (nSPS) is 32.7. The minimum Gasteiger partial charge on any atom is -1.00 e. The number of hydrogen-bond acceptors (Lipinski definition) is 4. The first-order chi connectivity index (χ1) is 13.4. The number of fused-ring (bicyclic) bond motifs is 3. The second-order valence-electron chi connectivity index (χ2n) is 10.0. The lowest BCUT2D eigenvalue weighted by molar-refractivity contribution is -0.134. The van der Waals surface area contributed by atoms with Crippen molar-refractivity contribution >= 4 is 43.2 Å². The molecule has 6 heteroatoms. The molecule has 7 rings (SSSR count). The molecule has 0 atom stereocenters. The molecule has 0 unspecified atom stereocenters. The van der Waals surface area contributed by atoms with Crippen molar-refractivity contribution in [3.05, 3.63) is 29.1 Å². The van der Waals surface area contributed by atoms with Crippen molar-refractivity contribution in [2.75, 3.05) is 5.32 Å². The molecule has 1 N–H and O–H groups in total. The van der Waals surface area contributed by atoms with Gasteiger partial charge in [-0.1, -0.05) is 18.2 Å². The fraction of sp³-hybridized carbons (Fsp3) is 0.565. The SMILES string of the molecule is CC1(C)Nc2ccccc2-c2c1s[s+]c2SC(=O)C12CC3CC(CC(C3)C1)C2.[Cl-]. The van der Waals surface area contributed by atoms with Gasteiger partial charge in [0.15, 0.2) is 10.3 Å². The summed E-state index contributed by atoms with van der Waals surface area (Å²) in [7, 11) is 3.66. The molecule has 0 spiro atoms. The highest BCUT2D eigenvalue weighted by molar-refractivity contribution is 8.16. The van der Waals surface area contributed by atoms with Gasteiger partial charge >= 0.3 is 10.3 Å². The lowest BCUT2D eigenvalue weighted by Crippen LogP contribution is -3.00. The van der Waals surface area contributed by atoms with E-state index in [4.69, 9.17) is 0 Å². The van der Waals surface area contributed by atoms with Gasteiger partial charge in [0.25, 0.3) is 4.21 Å². The average molecular weight is 464 g/mol. The highest BCUT2D eigenvalue weighted by Crippen LogP contribution is 2.63. The summed E-state index contributed by atoms with van der Waals surface area (Å²) in [5, 5.41) is 4.16. The number of benzene rings is 1. The highest BCUT2D eigenvalue weighted by Gasteiger charge is 2.55. The maximum absolute atomic E-state index is 13.7. The Morgan fingerprint density at radius 2 is 1.72 bits per heavy atom. The van der Waals surface area contributed by atoms with Gasteiger partial charge in [0.2, 0.25) is 5.12 Å². The molecule has 2 nitrogen and oxygen atoms in total. The fourth-order valence-corrected chi connectivity index (χ4v) is 11.4. The summed E-state index contributed by atoms with van der Waals surface area (Å²) in [6, 6.07) is 8.57. The molecule has 0 amide bonds. The van der Waals surface area contributed by atoms with E-state index in [-0.39, 0.29) is 23.4 Å². The van der Waals surface area contributed by atoms with Crippen LogP contribution in [0, 0.1) is 23.2 Å². The van der Waals surface area contributed by atoms with Gasteiger partial charge in [0, 0.05) is 28.4 Å². The topological polar surface area (TPSA) is 29.1 Å². The second kappa shape index (κ2) is 6.94. The first kappa shape index (κ1) is 20.3. The number of para-hydroxylation sites is 1. The zero-order valence-corrected chi connectivity index (χ0v) is 20.0. The van der Waals surface area contributed by atoms with Crippen molar-refractivity contribution in [3.63, 3.8) is 0 Å². The molecule has 2 aromatic rings. The smallest absolute Gasteiger partial charge is 0.309 e. The predicted octanol–water partition coefficient (Wildman–Crippen LogP) is 4.26. The quantitative estimate of drug-likeness (QED) is 0.410. The molecule has 2 heterocycles. The Morgan fingerprint density at radius 1 is 1.10 bits per heavy atom. The lowest BCUT2D eigenvalue weighted by atomic mass is 9.50. The molecule has 4 aliphatic carbocycles. The third kappa shape index (κ3) is 3.10. The van der Waals surface area contributed by atoms with E-state index in [9.17, 15) is 4.79 Å². The van der Waals surface area contributed by atoms with E-state index in [0.29, 0.717) is 5.12 Å². The summed E-state index contributed by atoms with van der Waals surface area (Å²) in [5.74, 6) is 2.46. The number of carbonyl (C=O) groups is 1. The molecule has 154 valence electrons. The van der Waals surface area contributed by atoms with Crippen LogP contribution >= 0.6 is 32.4 Å². The van der Waals surface area contributed by atoms with Crippen molar-refractivity contribution in [1.82, 2.24) is 0 Å². The zero-order chi connectivity index (χ0) is 19.1. The van der Waals surface area contributed by atoms with E-state index < -0.39 is 0 Å². The molecule has 1 aromatic carbocycles. The number of rotatable bonds is 2. The summed E-state index contributed by atoms with van der Waals surface area (Å²) in [6.45, 7) is 4.50. The number of halogens is 1. The van der Waals surface area contributed by atoms with E-state index in [1.165, 1.54) is 45.2 Å². The number of carbonyl (C=O) groups excluding carboxylic acids is 1. The van der Waals surface area contributed by atoms with Crippen molar-refractivity contribution in [1.29, 1.82) is 0 Å². The first-order valence-corrected chi connectivity index (χ1v) is 13.5. The van der Waals surface area contributed by atoms with Gasteiger partial charge in [-0.3, -0.25) is 4.79 Å². The molecule has 4 bridgehead atoms. The summed E-state index contributed by atoms with van der Waals surface area (Å²) in [4.78, 5) is 15.1. The summed E-state index contributed by atoms with van der Waals surface area (Å²) in [5.41, 5.74) is 3.65. The molecule has 0 radical (unpaired) electrons. The molecule has 4 fully saturated rings. The minimum absolute atomic E-state index is 0. The van der Waals surface area contributed by atoms with E-state index in [1.807, 2.05) is 20.7 Å². The minimum atomic E-state index is -0.0899. The van der Waals surface area contributed by atoms with Gasteiger partial charge in [0.05, 0.1) is 11.1 Å². The average Bonchev–Trinajstić information content (AvgIpc) is 3.05. The van der Waals surface area contributed by atoms with Gasteiger partial charge in [-0.15, -0.1) is 0 Å². The van der Waals surface area contributed by atoms with Crippen LogP contribution < -0.4 is 17.7 Å². The number of thioether (sulfide) groups is 1. The van der Waals surface area contributed by atoms with Gasteiger partial charge in [-0.05, 0) is 76.2 Å². The van der Waals surface area contributed by atoms with Gasteiger partial charge in [-0.25, -0.2) is 0 Å². The largest absolute Gasteiger partial charge is 1.00 e. The van der Waals surface area contributed by atoms with Crippen molar-refractivity contribution in [2.45, 2.75) is 62.1 Å². The zero-order valence-electron chi connectivity index (χ0n) is 16.8. The Bertz CT molecular complexity index is 947.